The van der Waals surface area contributed by atoms with Crippen LogP contribution in [0.25, 0.3) is 0 Å². The standard InChI is InChI=1S/C11H17NO2/c1-3-14-9-8-12-10-4-6-11(13-2)7-5-10/h4-7,12H,3,8-9H2,1-2H3. The molecule has 0 aliphatic carbocycles. The summed E-state index contributed by atoms with van der Waals surface area (Å²) in [7, 11) is 1.66. The Morgan fingerprint density at radius 3 is 2.50 bits per heavy atom. The fourth-order valence-corrected chi connectivity index (χ4v) is 1.12. The van der Waals surface area contributed by atoms with Crippen LogP contribution in [-0.2, 0) is 4.74 Å². The smallest absolute Gasteiger partial charge is 0.119 e. The number of benzene rings is 1. The molecule has 0 bridgehead atoms. The largest absolute Gasteiger partial charge is 0.497 e. The molecule has 0 heterocycles. The van der Waals surface area contributed by atoms with E-state index in [1.807, 2.05) is 31.2 Å². The maximum absolute atomic E-state index is 5.21. The van der Waals surface area contributed by atoms with E-state index in [-0.39, 0.29) is 0 Å². The van der Waals surface area contributed by atoms with E-state index in [1.165, 1.54) is 0 Å². The van der Waals surface area contributed by atoms with Crippen LogP contribution in [0.2, 0.25) is 0 Å². The summed E-state index contributed by atoms with van der Waals surface area (Å²) in [5.41, 5.74) is 1.09. The minimum Gasteiger partial charge on any atom is -0.497 e. The molecule has 1 aromatic rings. The molecule has 1 aromatic carbocycles. The molecule has 0 atom stereocenters. The number of anilines is 1. The number of methoxy groups -OCH3 is 1. The molecule has 14 heavy (non-hydrogen) atoms. The third-order valence-corrected chi connectivity index (χ3v) is 1.87. The highest BCUT2D eigenvalue weighted by Crippen LogP contribution is 2.14. The molecule has 78 valence electrons. The zero-order valence-corrected chi connectivity index (χ0v) is 8.75. The number of hydrogen-bond acceptors (Lipinski definition) is 3. The molecule has 0 fully saturated rings. The van der Waals surface area contributed by atoms with Crippen molar-refractivity contribution in [1.29, 1.82) is 0 Å². The van der Waals surface area contributed by atoms with E-state index < -0.39 is 0 Å². The van der Waals surface area contributed by atoms with Crippen molar-refractivity contribution in [3.63, 3.8) is 0 Å². The third-order valence-electron chi connectivity index (χ3n) is 1.87. The van der Waals surface area contributed by atoms with Crippen LogP contribution in [0, 0.1) is 0 Å². The van der Waals surface area contributed by atoms with Gasteiger partial charge in [-0.2, -0.15) is 0 Å². The van der Waals surface area contributed by atoms with Gasteiger partial charge in [-0.3, -0.25) is 0 Å². The van der Waals surface area contributed by atoms with Crippen molar-refractivity contribution in [1.82, 2.24) is 0 Å². The Bertz CT molecular complexity index is 246. The minimum absolute atomic E-state index is 0.739. The monoisotopic (exact) mass is 195 g/mol. The molecule has 0 unspecified atom stereocenters. The maximum Gasteiger partial charge on any atom is 0.119 e. The molecule has 1 rings (SSSR count). The van der Waals surface area contributed by atoms with Crippen LogP contribution in [-0.4, -0.2) is 26.9 Å². The molecule has 0 spiro atoms. The van der Waals surface area contributed by atoms with Gasteiger partial charge in [0.25, 0.3) is 0 Å². The Labute approximate surface area is 85.0 Å². The van der Waals surface area contributed by atoms with E-state index in [1.54, 1.807) is 7.11 Å². The van der Waals surface area contributed by atoms with Crippen molar-refractivity contribution >= 4 is 5.69 Å². The van der Waals surface area contributed by atoms with E-state index >= 15 is 0 Å². The first-order chi connectivity index (χ1) is 6.86. The Morgan fingerprint density at radius 2 is 1.93 bits per heavy atom. The molecule has 1 N–H and O–H groups in total. The lowest BCUT2D eigenvalue weighted by Crippen LogP contribution is -2.08. The van der Waals surface area contributed by atoms with Gasteiger partial charge in [0.15, 0.2) is 0 Å². The van der Waals surface area contributed by atoms with Crippen molar-refractivity contribution in [2.24, 2.45) is 0 Å². The van der Waals surface area contributed by atoms with Crippen molar-refractivity contribution < 1.29 is 9.47 Å². The first-order valence-corrected chi connectivity index (χ1v) is 4.82. The molecule has 0 aliphatic heterocycles. The maximum atomic E-state index is 5.21. The highest BCUT2D eigenvalue weighted by atomic mass is 16.5. The lowest BCUT2D eigenvalue weighted by atomic mass is 10.3. The number of rotatable bonds is 6. The summed E-state index contributed by atoms with van der Waals surface area (Å²) in [6.07, 6.45) is 0. The van der Waals surface area contributed by atoms with E-state index in [0.717, 1.165) is 31.2 Å². The van der Waals surface area contributed by atoms with Crippen molar-refractivity contribution in [2.45, 2.75) is 6.92 Å². The van der Waals surface area contributed by atoms with Crippen LogP contribution in [0.3, 0.4) is 0 Å². The molecule has 0 amide bonds. The normalized spacial score (nSPS) is 9.86. The Hall–Kier alpha value is -1.22. The van der Waals surface area contributed by atoms with E-state index in [4.69, 9.17) is 9.47 Å². The molecule has 0 aliphatic rings. The van der Waals surface area contributed by atoms with Gasteiger partial charge in [0.1, 0.15) is 5.75 Å². The second-order valence-corrected chi connectivity index (χ2v) is 2.85. The average molecular weight is 195 g/mol. The fourth-order valence-electron chi connectivity index (χ4n) is 1.12. The van der Waals surface area contributed by atoms with Crippen LogP contribution in [0.5, 0.6) is 5.75 Å². The van der Waals surface area contributed by atoms with Gasteiger partial charge in [-0.05, 0) is 31.2 Å². The summed E-state index contributed by atoms with van der Waals surface area (Å²) in [6, 6.07) is 7.85. The van der Waals surface area contributed by atoms with Crippen molar-refractivity contribution in [2.75, 3.05) is 32.2 Å². The number of ether oxygens (including phenoxy) is 2. The summed E-state index contributed by atoms with van der Waals surface area (Å²) >= 11 is 0. The van der Waals surface area contributed by atoms with Crippen LogP contribution in [0.1, 0.15) is 6.92 Å². The van der Waals surface area contributed by atoms with E-state index in [0.29, 0.717) is 0 Å². The van der Waals surface area contributed by atoms with Crippen molar-refractivity contribution in [3.8, 4) is 5.75 Å². The molecule has 0 saturated heterocycles. The number of nitrogens with one attached hydrogen (secondary N) is 1. The Kier molecular flexibility index (Phi) is 4.86. The van der Waals surface area contributed by atoms with E-state index in [9.17, 15) is 0 Å². The van der Waals surface area contributed by atoms with Gasteiger partial charge in [0.2, 0.25) is 0 Å². The highest BCUT2D eigenvalue weighted by molar-refractivity contribution is 5.46. The van der Waals surface area contributed by atoms with Gasteiger partial charge < -0.3 is 14.8 Å². The highest BCUT2D eigenvalue weighted by Gasteiger charge is 1.92. The number of hydrogen-bond donors (Lipinski definition) is 1. The Morgan fingerprint density at radius 1 is 1.21 bits per heavy atom. The first kappa shape index (κ1) is 10.9. The van der Waals surface area contributed by atoms with Crippen LogP contribution >= 0.6 is 0 Å². The van der Waals surface area contributed by atoms with Gasteiger partial charge >= 0.3 is 0 Å². The summed E-state index contributed by atoms with van der Waals surface area (Å²) < 4.78 is 10.3. The zero-order valence-electron chi connectivity index (χ0n) is 8.75. The zero-order chi connectivity index (χ0) is 10.2. The van der Waals surface area contributed by atoms with Crippen molar-refractivity contribution in [3.05, 3.63) is 24.3 Å². The predicted octanol–water partition coefficient (Wildman–Crippen LogP) is 2.14. The molecule has 0 saturated carbocycles. The third kappa shape index (κ3) is 3.66. The molecule has 0 aromatic heterocycles. The molecular formula is C11H17NO2. The molecular weight excluding hydrogens is 178 g/mol. The first-order valence-electron chi connectivity index (χ1n) is 4.82. The average Bonchev–Trinajstić information content (AvgIpc) is 2.25. The SMILES string of the molecule is CCOCCNc1ccc(OC)cc1. The summed E-state index contributed by atoms with van der Waals surface area (Å²) in [5, 5.41) is 3.25. The van der Waals surface area contributed by atoms with E-state index in [2.05, 4.69) is 5.32 Å². The van der Waals surface area contributed by atoms with Gasteiger partial charge in [-0.25, -0.2) is 0 Å². The molecule has 3 nitrogen and oxygen atoms in total. The second-order valence-electron chi connectivity index (χ2n) is 2.85. The van der Waals surface area contributed by atoms with Crippen LogP contribution in [0.15, 0.2) is 24.3 Å². The van der Waals surface area contributed by atoms with Gasteiger partial charge in [-0.15, -0.1) is 0 Å². The van der Waals surface area contributed by atoms with Gasteiger partial charge in [-0.1, -0.05) is 0 Å². The second kappa shape index (κ2) is 6.27. The molecule has 0 radical (unpaired) electrons. The summed E-state index contributed by atoms with van der Waals surface area (Å²) in [5.74, 6) is 0.875. The lowest BCUT2D eigenvalue weighted by Gasteiger charge is -2.06. The summed E-state index contributed by atoms with van der Waals surface area (Å²) in [6.45, 7) is 4.33. The fraction of sp³-hybridized carbons (Fsp3) is 0.455. The van der Waals surface area contributed by atoms with Crippen LogP contribution < -0.4 is 10.1 Å². The predicted molar refractivity (Wildman–Crippen MR) is 58.0 cm³/mol. The quantitative estimate of drug-likeness (QED) is 0.705. The van der Waals surface area contributed by atoms with Crippen LogP contribution in [0.4, 0.5) is 5.69 Å². The molecule has 3 heteroatoms. The topological polar surface area (TPSA) is 30.5 Å². The minimum atomic E-state index is 0.739. The van der Waals surface area contributed by atoms with Gasteiger partial charge in [0, 0.05) is 18.8 Å². The summed E-state index contributed by atoms with van der Waals surface area (Å²) in [4.78, 5) is 0. The Balaban J connectivity index is 2.29. The van der Waals surface area contributed by atoms with Gasteiger partial charge in [0.05, 0.1) is 13.7 Å². The lowest BCUT2D eigenvalue weighted by molar-refractivity contribution is 0.158.